The summed E-state index contributed by atoms with van der Waals surface area (Å²) >= 11 is 0. The predicted molar refractivity (Wildman–Crippen MR) is 76.8 cm³/mol. The third-order valence-corrected chi connectivity index (χ3v) is 3.05. The number of aromatic amines is 1. The highest BCUT2D eigenvalue weighted by molar-refractivity contribution is 5.79. The number of aliphatic hydroxyl groups excluding tert-OH is 1. The van der Waals surface area contributed by atoms with Crippen molar-refractivity contribution in [1.29, 1.82) is 0 Å². The van der Waals surface area contributed by atoms with Gasteiger partial charge in [0.05, 0.1) is 16.0 Å². The first kappa shape index (κ1) is 14.3. The van der Waals surface area contributed by atoms with E-state index in [-0.39, 0.29) is 12.3 Å². The first-order valence-electron chi connectivity index (χ1n) is 6.69. The number of nitrogens with one attached hydrogen (secondary N) is 2. The zero-order chi connectivity index (χ0) is 14.4. The molecule has 7 heteroatoms. The van der Waals surface area contributed by atoms with E-state index in [0.717, 1.165) is 32.2 Å². The van der Waals surface area contributed by atoms with E-state index < -0.39 is 4.92 Å². The van der Waals surface area contributed by atoms with Crippen LogP contribution < -0.4 is 5.32 Å². The predicted octanol–water partition coefficient (Wildman–Crippen LogP) is 2.44. The number of rotatable bonds is 8. The van der Waals surface area contributed by atoms with Crippen LogP contribution in [0, 0.1) is 10.1 Å². The van der Waals surface area contributed by atoms with Crippen LogP contribution in [0.5, 0.6) is 0 Å². The van der Waals surface area contributed by atoms with E-state index >= 15 is 0 Å². The summed E-state index contributed by atoms with van der Waals surface area (Å²) in [7, 11) is 0. The van der Waals surface area contributed by atoms with Gasteiger partial charge in [-0.15, -0.1) is 0 Å². The first-order valence-corrected chi connectivity index (χ1v) is 6.69. The highest BCUT2D eigenvalue weighted by atomic mass is 16.6. The number of H-pyrrole nitrogens is 1. The van der Waals surface area contributed by atoms with Crippen LogP contribution in [0.4, 0.5) is 11.6 Å². The molecule has 1 aromatic heterocycles. The molecule has 0 radical (unpaired) electrons. The average Bonchev–Trinajstić information content (AvgIpc) is 2.84. The first-order chi connectivity index (χ1) is 9.70. The lowest BCUT2D eigenvalue weighted by Crippen LogP contribution is -2.02. The Morgan fingerprint density at radius 1 is 1.30 bits per heavy atom. The Bertz CT molecular complexity index is 582. The molecule has 0 atom stereocenters. The number of fused-ring (bicyclic) bond motifs is 1. The van der Waals surface area contributed by atoms with Crippen LogP contribution in [0.3, 0.4) is 0 Å². The highest BCUT2D eigenvalue weighted by Crippen LogP contribution is 2.20. The van der Waals surface area contributed by atoms with E-state index in [1.54, 1.807) is 6.07 Å². The molecule has 0 spiro atoms. The molecule has 0 aliphatic carbocycles. The van der Waals surface area contributed by atoms with Crippen molar-refractivity contribution in [2.45, 2.75) is 25.7 Å². The lowest BCUT2D eigenvalue weighted by molar-refractivity contribution is -0.384. The Kier molecular flexibility index (Phi) is 4.89. The fourth-order valence-electron chi connectivity index (χ4n) is 1.99. The van der Waals surface area contributed by atoms with Crippen molar-refractivity contribution in [3.8, 4) is 0 Å². The van der Waals surface area contributed by atoms with Gasteiger partial charge in [0.2, 0.25) is 5.95 Å². The number of hydrogen-bond acceptors (Lipinski definition) is 5. The number of imidazole rings is 1. The number of non-ortho nitro benzene ring substituents is 1. The molecule has 108 valence electrons. The zero-order valence-electron chi connectivity index (χ0n) is 11.1. The summed E-state index contributed by atoms with van der Waals surface area (Å²) in [6, 6.07) is 4.56. The van der Waals surface area contributed by atoms with Gasteiger partial charge in [-0.05, 0) is 18.9 Å². The van der Waals surface area contributed by atoms with Gasteiger partial charge in [-0.25, -0.2) is 4.98 Å². The quantitative estimate of drug-likeness (QED) is 0.391. The number of aromatic nitrogens is 2. The maximum absolute atomic E-state index is 10.7. The van der Waals surface area contributed by atoms with Crippen LogP contribution >= 0.6 is 0 Å². The SMILES string of the molecule is O=[N+]([O-])c1ccc2nc(NCCCCCCO)[nH]c2c1. The fourth-order valence-corrected chi connectivity index (χ4v) is 1.99. The van der Waals surface area contributed by atoms with Gasteiger partial charge in [-0.1, -0.05) is 12.8 Å². The number of nitro groups is 1. The van der Waals surface area contributed by atoms with Crippen LogP contribution in [0.15, 0.2) is 18.2 Å². The summed E-state index contributed by atoms with van der Waals surface area (Å²) in [5.74, 6) is 0.627. The molecule has 0 saturated heterocycles. The number of anilines is 1. The Morgan fingerprint density at radius 2 is 2.10 bits per heavy atom. The van der Waals surface area contributed by atoms with Crippen LogP contribution in [-0.2, 0) is 0 Å². The van der Waals surface area contributed by atoms with E-state index in [1.807, 2.05) is 0 Å². The van der Waals surface area contributed by atoms with E-state index in [4.69, 9.17) is 5.11 Å². The second-order valence-corrected chi connectivity index (χ2v) is 4.61. The molecule has 3 N–H and O–H groups in total. The summed E-state index contributed by atoms with van der Waals surface area (Å²) in [5, 5.41) is 22.5. The van der Waals surface area contributed by atoms with Gasteiger partial charge in [0, 0.05) is 25.3 Å². The van der Waals surface area contributed by atoms with E-state index in [2.05, 4.69) is 15.3 Å². The second kappa shape index (κ2) is 6.85. The van der Waals surface area contributed by atoms with Crippen LogP contribution in [0.1, 0.15) is 25.7 Å². The number of aliphatic hydroxyl groups is 1. The van der Waals surface area contributed by atoms with Gasteiger partial charge in [0.1, 0.15) is 0 Å². The topological polar surface area (TPSA) is 104 Å². The molecular weight excluding hydrogens is 260 g/mol. The number of nitrogens with zero attached hydrogens (tertiary/aromatic N) is 2. The standard InChI is InChI=1S/C13H18N4O3/c18-8-4-2-1-3-7-14-13-15-11-6-5-10(17(19)20)9-12(11)16-13/h5-6,9,18H,1-4,7-8H2,(H2,14,15,16). The lowest BCUT2D eigenvalue weighted by Gasteiger charge is -2.01. The van der Waals surface area contributed by atoms with Gasteiger partial charge in [-0.3, -0.25) is 10.1 Å². The van der Waals surface area contributed by atoms with Crippen molar-refractivity contribution < 1.29 is 10.0 Å². The van der Waals surface area contributed by atoms with E-state index in [1.165, 1.54) is 12.1 Å². The van der Waals surface area contributed by atoms with Crippen molar-refractivity contribution in [2.24, 2.45) is 0 Å². The Morgan fingerprint density at radius 3 is 2.85 bits per heavy atom. The van der Waals surface area contributed by atoms with Crippen LogP contribution in [0.25, 0.3) is 11.0 Å². The summed E-state index contributed by atoms with van der Waals surface area (Å²) in [6.45, 7) is 1.03. The zero-order valence-corrected chi connectivity index (χ0v) is 11.1. The maximum atomic E-state index is 10.7. The molecule has 0 aliphatic heterocycles. The largest absolute Gasteiger partial charge is 0.396 e. The molecule has 0 fully saturated rings. The van der Waals surface area contributed by atoms with Gasteiger partial charge in [0.25, 0.3) is 5.69 Å². The van der Waals surface area contributed by atoms with Crippen LogP contribution in [-0.4, -0.2) is 33.1 Å². The minimum absolute atomic E-state index is 0.0525. The fraction of sp³-hybridized carbons (Fsp3) is 0.462. The molecule has 0 amide bonds. The van der Waals surface area contributed by atoms with Crippen LogP contribution in [0.2, 0.25) is 0 Å². The monoisotopic (exact) mass is 278 g/mol. The van der Waals surface area contributed by atoms with E-state index in [9.17, 15) is 10.1 Å². The van der Waals surface area contributed by atoms with Gasteiger partial charge in [-0.2, -0.15) is 0 Å². The Hall–Kier alpha value is -2.15. The molecule has 2 rings (SSSR count). The second-order valence-electron chi connectivity index (χ2n) is 4.61. The molecule has 2 aromatic rings. The maximum Gasteiger partial charge on any atom is 0.271 e. The average molecular weight is 278 g/mol. The Balaban J connectivity index is 1.89. The number of hydrogen-bond donors (Lipinski definition) is 3. The van der Waals surface area contributed by atoms with Crippen molar-refractivity contribution in [3.05, 3.63) is 28.3 Å². The molecule has 1 heterocycles. The molecule has 0 unspecified atom stereocenters. The minimum atomic E-state index is -0.422. The van der Waals surface area contributed by atoms with Crippen molar-refractivity contribution in [3.63, 3.8) is 0 Å². The van der Waals surface area contributed by atoms with Crippen molar-refractivity contribution >= 4 is 22.7 Å². The third-order valence-electron chi connectivity index (χ3n) is 3.05. The molecular formula is C13H18N4O3. The third kappa shape index (κ3) is 3.67. The molecule has 0 aliphatic rings. The number of benzene rings is 1. The van der Waals surface area contributed by atoms with Crippen molar-refractivity contribution in [1.82, 2.24) is 9.97 Å². The van der Waals surface area contributed by atoms with Gasteiger partial charge >= 0.3 is 0 Å². The highest BCUT2D eigenvalue weighted by Gasteiger charge is 2.09. The molecule has 7 nitrogen and oxygen atoms in total. The molecule has 0 saturated carbocycles. The Labute approximate surface area is 116 Å². The normalized spacial score (nSPS) is 10.8. The lowest BCUT2D eigenvalue weighted by atomic mass is 10.2. The number of nitro benzene ring substituents is 1. The van der Waals surface area contributed by atoms with Crippen molar-refractivity contribution in [2.75, 3.05) is 18.5 Å². The number of unbranched alkanes of at least 4 members (excludes halogenated alkanes) is 3. The molecule has 0 bridgehead atoms. The molecule has 20 heavy (non-hydrogen) atoms. The van der Waals surface area contributed by atoms with E-state index in [0.29, 0.717) is 17.0 Å². The van der Waals surface area contributed by atoms with Gasteiger partial charge in [0.15, 0.2) is 0 Å². The summed E-state index contributed by atoms with van der Waals surface area (Å²) < 4.78 is 0. The smallest absolute Gasteiger partial charge is 0.271 e. The summed E-state index contributed by atoms with van der Waals surface area (Å²) in [4.78, 5) is 17.6. The summed E-state index contributed by atoms with van der Waals surface area (Å²) in [6.07, 6.45) is 3.91. The minimum Gasteiger partial charge on any atom is -0.396 e. The van der Waals surface area contributed by atoms with Gasteiger partial charge < -0.3 is 15.4 Å². The summed E-state index contributed by atoms with van der Waals surface area (Å²) in [5.41, 5.74) is 1.41. The molecule has 1 aromatic carbocycles.